The number of sulfonamides is 1. The molecule has 1 unspecified atom stereocenters. The van der Waals surface area contributed by atoms with Crippen molar-refractivity contribution in [3.63, 3.8) is 0 Å². The molecule has 1 amide bonds. The number of ether oxygens (including phenoxy) is 1. The van der Waals surface area contributed by atoms with E-state index in [0.717, 1.165) is 19.3 Å². The van der Waals surface area contributed by atoms with Crippen LogP contribution in [0.3, 0.4) is 0 Å². The molecular formula is C28H32F3N7O4S. The van der Waals surface area contributed by atoms with Gasteiger partial charge in [0.15, 0.2) is 5.82 Å². The molecule has 1 N–H and O–H groups in total. The topological polar surface area (TPSA) is 124 Å². The lowest BCUT2D eigenvalue weighted by atomic mass is 9.75. The van der Waals surface area contributed by atoms with Crippen molar-refractivity contribution in [2.45, 2.75) is 87.4 Å². The molecule has 0 aromatic carbocycles. The Hall–Kier alpha value is -3.62. The number of amides is 1. The summed E-state index contributed by atoms with van der Waals surface area (Å²) in [5.74, 6) is 0.00760. The van der Waals surface area contributed by atoms with Crippen LogP contribution in [0.2, 0.25) is 0 Å². The molecular weight excluding hydrogens is 587 g/mol. The second-order valence-corrected chi connectivity index (χ2v) is 14.5. The number of carbonyl (C=O) groups is 1. The molecule has 3 aromatic heterocycles. The van der Waals surface area contributed by atoms with E-state index in [1.165, 1.54) is 16.9 Å². The maximum atomic E-state index is 13.6. The molecule has 7 rings (SSSR count). The highest BCUT2D eigenvalue weighted by molar-refractivity contribution is 7.90. The van der Waals surface area contributed by atoms with Crippen molar-refractivity contribution in [3.05, 3.63) is 41.9 Å². The molecule has 0 radical (unpaired) electrons. The fraction of sp³-hybridized carbons (Fsp3) is 0.571. The third-order valence-corrected chi connectivity index (χ3v) is 10.8. The Bertz CT molecular complexity index is 1730. The lowest BCUT2D eigenvalue weighted by Gasteiger charge is -2.34. The van der Waals surface area contributed by atoms with Crippen LogP contribution >= 0.6 is 0 Å². The van der Waals surface area contributed by atoms with Crippen molar-refractivity contribution in [1.82, 2.24) is 29.3 Å². The van der Waals surface area contributed by atoms with E-state index in [1.54, 1.807) is 23.0 Å². The minimum Gasteiger partial charge on any atom is -0.477 e. The monoisotopic (exact) mass is 619 g/mol. The van der Waals surface area contributed by atoms with Gasteiger partial charge in [0.2, 0.25) is 5.88 Å². The summed E-state index contributed by atoms with van der Waals surface area (Å²) in [5.41, 5.74) is -2.16. The lowest BCUT2D eigenvalue weighted by Crippen LogP contribution is -2.42. The fourth-order valence-electron chi connectivity index (χ4n) is 6.99. The van der Waals surface area contributed by atoms with Crippen LogP contribution in [0.1, 0.15) is 74.8 Å². The van der Waals surface area contributed by atoms with Gasteiger partial charge in [0.25, 0.3) is 15.9 Å². The molecule has 4 aliphatic rings. The highest BCUT2D eigenvalue weighted by Gasteiger charge is 2.62. The molecule has 4 bridgehead atoms. The smallest absolute Gasteiger partial charge is 0.394 e. The quantitative estimate of drug-likeness (QED) is 0.453. The highest BCUT2D eigenvalue weighted by atomic mass is 32.2. The van der Waals surface area contributed by atoms with E-state index in [2.05, 4.69) is 14.7 Å². The Balaban J connectivity index is 1.24. The van der Waals surface area contributed by atoms with Gasteiger partial charge in [-0.25, -0.2) is 22.8 Å². The summed E-state index contributed by atoms with van der Waals surface area (Å²) in [7, 11) is -4.22. The Kier molecular flexibility index (Phi) is 6.02. The molecule has 3 aromatic rings. The Morgan fingerprint density at radius 3 is 2.63 bits per heavy atom. The van der Waals surface area contributed by atoms with E-state index in [4.69, 9.17) is 14.8 Å². The largest absolute Gasteiger partial charge is 0.477 e. The number of hydrogen-bond acceptors (Lipinski definition) is 8. The zero-order valence-corrected chi connectivity index (χ0v) is 24.6. The zero-order chi connectivity index (χ0) is 30.4. The summed E-state index contributed by atoms with van der Waals surface area (Å²) >= 11 is 0. The third-order valence-electron chi connectivity index (χ3n) is 9.45. The number of aromatic nitrogens is 5. The van der Waals surface area contributed by atoms with Crippen LogP contribution in [0.25, 0.3) is 5.82 Å². The van der Waals surface area contributed by atoms with Crippen molar-refractivity contribution in [2.75, 3.05) is 18.1 Å². The first-order valence-electron chi connectivity index (χ1n) is 14.4. The molecule has 1 atom stereocenters. The number of hydrogen-bond donors (Lipinski definition) is 1. The van der Waals surface area contributed by atoms with E-state index < -0.39 is 38.5 Å². The summed E-state index contributed by atoms with van der Waals surface area (Å²) in [5, 5.41) is 9.09. The van der Waals surface area contributed by atoms with E-state index >= 15 is 0 Å². The molecule has 43 heavy (non-hydrogen) atoms. The van der Waals surface area contributed by atoms with Crippen molar-refractivity contribution < 1.29 is 31.1 Å². The van der Waals surface area contributed by atoms with Gasteiger partial charge in [-0.2, -0.15) is 18.3 Å². The second kappa shape index (κ2) is 9.19. The number of aryl methyl sites for hydroxylation is 1. The zero-order valence-electron chi connectivity index (χ0n) is 23.8. The molecule has 11 nitrogen and oxygen atoms in total. The third kappa shape index (κ3) is 4.57. The summed E-state index contributed by atoms with van der Waals surface area (Å²) in [6.07, 6.45) is 2.05. The average Bonchev–Trinajstić information content (AvgIpc) is 3.26. The van der Waals surface area contributed by atoms with Gasteiger partial charge in [-0.1, -0.05) is 6.42 Å². The van der Waals surface area contributed by atoms with E-state index in [9.17, 15) is 26.4 Å². The van der Waals surface area contributed by atoms with Gasteiger partial charge in [-0.15, -0.1) is 5.10 Å². The van der Waals surface area contributed by atoms with Gasteiger partial charge in [0.05, 0.1) is 23.3 Å². The van der Waals surface area contributed by atoms with Crippen molar-refractivity contribution in [1.29, 1.82) is 0 Å². The minimum atomic E-state index is -4.25. The molecule has 1 spiro atoms. The second-order valence-electron chi connectivity index (χ2n) is 12.9. The Morgan fingerprint density at radius 1 is 1.09 bits per heavy atom. The van der Waals surface area contributed by atoms with Gasteiger partial charge in [0, 0.05) is 42.5 Å². The average molecular weight is 620 g/mol. The first-order valence-corrected chi connectivity index (χ1v) is 15.9. The van der Waals surface area contributed by atoms with Crippen LogP contribution < -0.4 is 14.4 Å². The maximum absolute atomic E-state index is 13.6. The van der Waals surface area contributed by atoms with Crippen LogP contribution in [0.15, 0.2) is 35.5 Å². The number of pyridine rings is 1. The first-order chi connectivity index (χ1) is 20.2. The number of nitrogens with zero attached hydrogens (tertiary/aromatic N) is 6. The van der Waals surface area contributed by atoms with Gasteiger partial charge in [-0.3, -0.25) is 9.48 Å². The molecule has 6 heterocycles. The summed E-state index contributed by atoms with van der Waals surface area (Å²) in [4.78, 5) is 20.4. The van der Waals surface area contributed by atoms with Gasteiger partial charge < -0.3 is 9.64 Å². The maximum Gasteiger partial charge on any atom is 0.394 e. The highest BCUT2D eigenvalue weighted by Crippen LogP contribution is 2.60. The van der Waals surface area contributed by atoms with Crippen LogP contribution in [-0.2, 0) is 22.0 Å². The molecule has 2 fully saturated rings. The van der Waals surface area contributed by atoms with Crippen molar-refractivity contribution in [2.24, 2.45) is 5.41 Å². The van der Waals surface area contributed by atoms with Crippen LogP contribution in [-0.4, -0.2) is 63.7 Å². The van der Waals surface area contributed by atoms with Crippen LogP contribution in [0.5, 0.6) is 5.88 Å². The van der Waals surface area contributed by atoms with E-state index in [-0.39, 0.29) is 42.2 Å². The van der Waals surface area contributed by atoms with Gasteiger partial charge >= 0.3 is 6.18 Å². The van der Waals surface area contributed by atoms with Crippen molar-refractivity contribution in [3.8, 4) is 11.7 Å². The van der Waals surface area contributed by atoms with Crippen molar-refractivity contribution >= 4 is 21.7 Å². The number of anilines is 1. The minimum absolute atomic E-state index is 0.0420. The molecule has 1 aliphatic carbocycles. The molecule has 3 aliphatic heterocycles. The van der Waals surface area contributed by atoms with Crippen LogP contribution in [0, 0.1) is 5.41 Å². The standard InChI is InChI=1S/C28H32F3N7O4S/c1-25(2)16-26-8-3-4-12-36-15-19(22(26)34-36)43(40,41)35-24(39)18-5-6-20(32-23(18)37(25)17-26)38-13-7-21(33-38)42-14-11-27(9-10-27)28(29,30)31/h5-7,13,15H,3-4,8-12,14,16-17H2,1-2H3,(H,35,39). The fourth-order valence-corrected chi connectivity index (χ4v) is 8.23. The van der Waals surface area contributed by atoms with Gasteiger partial charge in [0.1, 0.15) is 10.7 Å². The molecule has 15 heteroatoms. The molecule has 230 valence electrons. The van der Waals surface area contributed by atoms with E-state index in [1.807, 2.05) is 13.8 Å². The number of carbonyl (C=O) groups excluding carboxylic acids is 1. The number of alkyl halides is 3. The van der Waals surface area contributed by atoms with Gasteiger partial charge in [-0.05, 0) is 64.5 Å². The molecule has 1 saturated carbocycles. The number of rotatable bonds is 5. The summed E-state index contributed by atoms with van der Waals surface area (Å²) < 4.78 is 77.8. The number of fused-ring (bicyclic) bond motifs is 4. The summed E-state index contributed by atoms with van der Waals surface area (Å²) in [6.45, 7) is 5.00. The SMILES string of the molecule is CC1(C)CC23CCCCn4cc(c2n4)S(=O)(=O)NC(=O)c2ccc(-n4ccc(OCCC5(C(F)(F)F)CC5)n4)nc2N1C3. The lowest BCUT2D eigenvalue weighted by molar-refractivity contribution is -0.190. The number of nitrogens with one attached hydrogen (secondary N) is 1. The first kappa shape index (κ1) is 28.2. The Labute approximate surface area is 246 Å². The normalized spacial score (nSPS) is 24.9. The number of halogens is 3. The Morgan fingerprint density at radius 2 is 1.88 bits per heavy atom. The van der Waals surface area contributed by atoms with Crippen LogP contribution in [0.4, 0.5) is 19.0 Å². The predicted molar refractivity (Wildman–Crippen MR) is 148 cm³/mol. The predicted octanol–water partition coefficient (Wildman–Crippen LogP) is 4.12. The summed E-state index contributed by atoms with van der Waals surface area (Å²) in [6, 6.07) is 4.61. The van der Waals surface area contributed by atoms with E-state index in [0.29, 0.717) is 36.8 Å². The molecule has 1 saturated heterocycles.